The number of aryl methyl sites for hydroxylation is 2. The van der Waals surface area contributed by atoms with Crippen LogP contribution in [0.25, 0.3) is 0 Å². The van der Waals surface area contributed by atoms with Crippen LogP contribution < -0.4 is 5.32 Å². The molecule has 23 heavy (non-hydrogen) atoms. The molecule has 5 heteroatoms. The van der Waals surface area contributed by atoms with E-state index in [1.54, 1.807) is 0 Å². The maximum atomic E-state index is 12.4. The van der Waals surface area contributed by atoms with Gasteiger partial charge >= 0.3 is 0 Å². The Morgan fingerprint density at radius 1 is 1.30 bits per heavy atom. The number of rotatable bonds is 5. The first-order valence-corrected chi connectivity index (χ1v) is 8.96. The number of nitrogens with zero attached hydrogens (tertiary/aromatic N) is 2. The topological polar surface area (TPSA) is 45.2 Å². The van der Waals surface area contributed by atoms with Crippen LogP contribution in [0.3, 0.4) is 0 Å². The van der Waals surface area contributed by atoms with E-state index in [0.29, 0.717) is 6.54 Å². The fraction of sp³-hybridized carbons (Fsp3) is 0.444. The number of aromatic nitrogens is 1. The first kappa shape index (κ1) is 16.1. The highest BCUT2D eigenvalue weighted by molar-refractivity contribution is 7.13. The summed E-state index contributed by atoms with van der Waals surface area (Å²) >= 11 is 1.53. The summed E-state index contributed by atoms with van der Waals surface area (Å²) in [6.07, 6.45) is 2.54. The molecular weight excluding hydrogens is 306 g/mol. The lowest BCUT2D eigenvalue weighted by atomic mass is 10.1. The highest BCUT2D eigenvalue weighted by Crippen LogP contribution is 2.21. The van der Waals surface area contributed by atoms with Crippen LogP contribution in [0, 0.1) is 13.8 Å². The van der Waals surface area contributed by atoms with Crippen LogP contribution in [0.2, 0.25) is 0 Å². The maximum Gasteiger partial charge on any atom is 0.263 e. The maximum absolute atomic E-state index is 12.4. The number of carbonyl (C=O) groups is 1. The van der Waals surface area contributed by atoms with E-state index >= 15 is 0 Å². The molecule has 3 rings (SSSR count). The smallest absolute Gasteiger partial charge is 0.263 e. The molecule has 1 fully saturated rings. The fourth-order valence-corrected chi connectivity index (χ4v) is 3.97. The molecule has 0 saturated carbocycles. The van der Waals surface area contributed by atoms with E-state index in [0.717, 1.165) is 40.8 Å². The van der Waals surface area contributed by atoms with Crippen LogP contribution in [0.1, 0.15) is 44.3 Å². The van der Waals surface area contributed by atoms with Gasteiger partial charge in [0.15, 0.2) is 0 Å². The second-order valence-electron chi connectivity index (χ2n) is 6.18. The summed E-state index contributed by atoms with van der Waals surface area (Å²) in [7, 11) is 0. The van der Waals surface area contributed by atoms with E-state index in [4.69, 9.17) is 0 Å². The monoisotopic (exact) mass is 329 g/mol. The average Bonchev–Trinajstić information content (AvgIpc) is 3.15. The number of amides is 1. The van der Waals surface area contributed by atoms with Gasteiger partial charge in [0.2, 0.25) is 0 Å². The molecule has 2 aromatic rings. The molecule has 1 aliphatic heterocycles. The van der Waals surface area contributed by atoms with Crippen LogP contribution >= 0.6 is 11.3 Å². The van der Waals surface area contributed by atoms with E-state index in [9.17, 15) is 4.79 Å². The number of nitrogens with one attached hydrogen (secondary N) is 1. The lowest BCUT2D eigenvalue weighted by molar-refractivity contribution is 0.0954. The first-order valence-electron chi connectivity index (χ1n) is 8.14. The van der Waals surface area contributed by atoms with Gasteiger partial charge in [-0.25, -0.2) is 4.98 Å². The Morgan fingerprint density at radius 3 is 2.83 bits per heavy atom. The van der Waals surface area contributed by atoms with Gasteiger partial charge in [0.25, 0.3) is 5.91 Å². The standard InChI is InChI=1S/C18H23N3OS/c1-13-6-5-7-15(10-13)11-19-18(22)17-14(2)20-16(23-17)12-21-8-3-4-9-21/h5-7,10H,3-4,8-9,11-12H2,1-2H3,(H,19,22). The summed E-state index contributed by atoms with van der Waals surface area (Å²) in [4.78, 5) is 20.2. The molecular formula is C18H23N3OS. The largest absolute Gasteiger partial charge is 0.347 e. The third-order valence-corrected chi connectivity index (χ3v) is 5.28. The Balaban J connectivity index is 1.61. The van der Waals surface area contributed by atoms with Crippen LogP contribution in [-0.2, 0) is 13.1 Å². The summed E-state index contributed by atoms with van der Waals surface area (Å²) in [6, 6.07) is 8.20. The third kappa shape index (κ3) is 4.18. The number of hydrogen-bond acceptors (Lipinski definition) is 4. The molecule has 1 aliphatic rings. The van der Waals surface area contributed by atoms with Gasteiger partial charge in [-0.05, 0) is 45.3 Å². The Kier molecular flexibility index (Phi) is 5.08. The van der Waals surface area contributed by atoms with E-state index in [-0.39, 0.29) is 5.91 Å². The van der Waals surface area contributed by atoms with E-state index in [1.165, 1.54) is 29.7 Å². The fourth-order valence-electron chi connectivity index (χ4n) is 2.95. The van der Waals surface area contributed by atoms with Gasteiger partial charge in [0.1, 0.15) is 9.88 Å². The molecule has 2 heterocycles. The molecule has 1 saturated heterocycles. The highest BCUT2D eigenvalue weighted by atomic mass is 32.1. The van der Waals surface area contributed by atoms with Crippen molar-refractivity contribution in [2.45, 2.75) is 39.8 Å². The van der Waals surface area contributed by atoms with Gasteiger partial charge in [0.05, 0.1) is 12.2 Å². The van der Waals surface area contributed by atoms with Gasteiger partial charge in [-0.3, -0.25) is 9.69 Å². The van der Waals surface area contributed by atoms with Crippen molar-refractivity contribution in [1.29, 1.82) is 0 Å². The lowest BCUT2D eigenvalue weighted by Gasteiger charge is -2.11. The Hall–Kier alpha value is -1.72. The predicted molar refractivity (Wildman–Crippen MR) is 93.7 cm³/mol. The van der Waals surface area contributed by atoms with Crippen molar-refractivity contribution in [3.05, 3.63) is 51.0 Å². The van der Waals surface area contributed by atoms with Gasteiger partial charge in [-0.2, -0.15) is 0 Å². The molecule has 4 nitrogen and oxygen atoms in total. The van der Waals surface area contributed by atoms with Crippen molar-refractivity contribution in [2.75, 3.05) is 13.1 Å². The number of hydrogen-bond donors (Lipinski definition) is 1. The van der Waals surface area contributed by atoms with Gasteiger partial charge in [-0.15, -0.1) is 11.3 Å². The van der Waals surface area contributed by atoms with Crippen molar-refractivity contribution in [1.82, 2.24) is 15.2 Å². The summed E-state index contributed by atoms with van der Waals surface area (Å²) in [5.41, 5.74) is 3.17. The van der Waals surface area contributed by atoms with Crippen LogP contribution in [0.15, 0.2) is 24.3 Å². The van der Waals surface area contributed by atoms with Crippen LogP contribution in [-0.4, -0.2) is 28.9 Å². The molecule has 1 N–H and O–H groups in total. The van der Waals surface area contributed by atoms with Gasteiger partial charge < -0.3 is 5.32 Å². The molecule has 0 bridgehead atoms. The van der Waals surface area contributed by atoms with Gasteiger partial charge in [0, 0.05) is 6.54 Å². The number of likely N-dealkylation sites (tertiary alicyclic amines) is 1. The minimum Gasteiger partial charge on any atom is -0.347 e. The SMILES string of the molecule is Cc1cccc(CNC(=O)c2sc(CN3CCCC3)nc2C)c1. The minimum atomic E-state index is -0.0193. The lowest BCUT2D eigenvalue weighted by Crippen LogP contribution is -2.22. The highest BCUT2D eigenvalue weighted by Gasteiger charge is 2.18. The zero-order valence-electron chi connectivity index (χ0n) is 13.8. The van der Waals surface area contributed by atoms with Crippen molar-refractivity contribution in [3.8, 4) is 0 Å². The average molecular weight is 329 g/mol. The summed E-state index contributed by atoms with van der Waals surface area (Å²) in [5, 5.41) is 4.05. The van der Waals surface area contributed by atoms with Crippen LogP contribution in [0.5, 0.6) is 0 Å². The van der Waals surface area contributed by atoms with Crippen LogP contribution in [0.4, 0.5) is 0 Å². The number of benzene rings is 1. The second-order valence-corrected chi connectivity index (χ2v) is 7.26. The van der Waals surface area contributed by atoms with E-state index in [1.807, 2.05) is 19.1 Å². The van der Waals surface area contributed by atoms with Crippen molar-refractivity contribution in [3.63, 3.8) is 0 Å². The zero-order valence-corrected chi connectivity index (χ0v) is 14.6. The molecule has 122 valence electrons. The Labute approximate surface area is 141 Å². The Morgan fingerprint density at radius 2 is 2.09 bits per heavy atom. The van der Waals surface area contributed by atoms with Gasteiger partial charge in [-0.1, -0.05) is 29.8 Å². The number of thiazole rings is 1. The molecule has 1 amide bonds. The Bertz CT molecular complexity index is 689. The first-order chi connectivity index (χ1) is 11.1. The molecule has 0 atom stereocenters. The quantitative estimate of drug-likeness (QED) is 0.915. The van der Waals surface area contributed by atoms with Crippen molar-refractivity contribution in [2.24, 2.45) is 0 Å². The normalized spacial score (nSPS) is 15.0. The van der Waals surface area contributed by atoms with E-state index in [2.05, 4.69) is 34.3 Å². The molecule has 1 aromatic carbocycles. The summed E-state index contributed by atoms with van der Waals surface area (Å²) < 4.78 is 0. The third-order valence-electron chi connectivity index (χ3n) is 4.14. The molecule has 0 aliphatic carbocycles. The molecule has 0 unspecified atom stereocenters. The predicted octanol–water partition coefficient (Wildman–Crippen LogP) is 3.29. The minimum absolute atomic E-state index is 0.0193. The molecule has 1 aromatic heterocycles. The van der Waals surface area contributed by atoms with Crippen molar-refractivity contribution < 1.29 is 4.79 Å². The molecule has 0 spiro atoms. The molecule has 0 radical (unpaired) electrons. The summed E-state index contributed by atoms with van der Waals surface area (Å²) in [5.74, 6) is -0.0193. The second kappa shape index (κ2) is 7.23. The van der Waals surface area contributed by atoms with Crippen molar-refractivity contribution >= 4 is 17.2 Å². The zero-order chi connectivity index (χ0) is 16.2. The van der Waals surface area contributed by atoms with E-state index < -0.39 is 0 Å². The number of carbonyl (C=O) groups excluding carboxylic acids is 1. The summed E-state index contributed by atoms with van der Waals surface area (Å²) in [6.45, 7) is 7.70.